The lowest BCUT2D eigenvalue weighted by atomic mass is 9.94. The largest absolute Gasteiger partial charge is 0.352 e. The van der Waals surface area contributed by atoms with Crippen LogP contribution in [0.2, 0.25) is 0 Å². The Morgan fingerprint density at radius 1 is 1.15 bits per heavy atom. The van der Waals surface area contributed by atoms with Crippen LogP contribution in [0.3, 0.4) is 0 Å². The lowest BCUT2D eigenvalue weighted by Crippen LogP contribution is -2.35. The highest BCUT2D eigenvalue weighted by Gasteiger charge is 2.28. The number of carbonyl (C=O) groups excluding carboxylic acids is 1. The Morgan fingerprint density at radius 2 is 1.89 bits per heavy atom. The molecule has 0 radical (unpaired) electrons. The highest BCUT2D eigenvalue weighted by molar-refractivity contribution is 7.89. The Morgan fingerprint density at radius 3 is 2.59 bits per heavy atom. The first-order chi connectivity index (χ1) is 13.0. The maximum atomic E-state index is 12.4. The lowest BCUT2D eigenvalue weighted by molar-refractivity contribution is 0.0950. The molecule has 2 aliphatic carbocycles. The maximum Gasteiger partial charge on any atom is 0.251 e. The van der Waals surface area contributed by atoms with Crippen molar-refractivity contribution >= 4 is 15.9 Å². The van der Waals surface area contributed by atoms with Gasteiger partial charge < -0.3 is 10.2 Å². The Balaban J connectivity index is 1.46. The van der Waals surface area contributed by atoms with Crippen molar-refractivity contribution in [3.8, 4) is 0 Å². The summed E-state index contributed by atoms with van der Waals surface area (Å²) in [4.78, 5) is 14.9. The molecule has 1 aromatic carbocycles. The molecule has 150 valence electrons. The second kappa shape index (κ2) is 9.17. The summed E-state index contributed by atoms with van der Waals surface area (Å²) < 4.78 is 27.2. The van der Waals surface area contributed by atoms with Crippen molar-refractivity contribution in [2.45, 2.75) is 68.3 Å². The minimum atomic E-state index is -3.54. The Kier molecular flexibility index (Phi) is 6.89. The number of hydrogen-bond acceptors (Lipinski definition) is 4. The summed E-state index contributed by atoms with van der Waals surface area (Å²) in [6.45, 7) is 1.55. The van der Waals surface area contributed by atoms with Gasteiger partial charge in [-0.25, -0.2) is 13.1 Å². The van der Waals surface area contributed by atoms with E-state index in [1.165, 1.54) is 44.2 Å². The minimum Gasteiger partial charge on any atom is -0.352 e. The van der Waals surface area contributed by atoms with Crippen LogP contribution in [0.4, 0.5) is 0 Å². The molecule has 0 bridgehead atoms. The molecular weight excluding hydrogens is 362 g/mol. The summed E-state index contributed by atoms with van der Waals surface area (Å²) in [5.74, 6) is -0.223. The van der Waals surface area contributed by atoms with Crippen LogP contribution in [-0.4, -0.2) is 51.4 Å². The van der Waals surface area contributed by atoms with Gasteiger partial charge in [-0.15, -0.1) is 0 Å². The zero-order valence-electron chi connectivity index (χ0n) is 16.1. The Bertz CT molecular complexity index is 741. The average molecular weight is 394 g/mol. The number of nitrogens with zero attached hydrogens (tertiary/aromatic N) is 1. The van der Waals surface area contributed by atoms with Crippen LogP contribution >= 0.6 is 0 Å². The molecule has 0 aliphatic heterocycles. The standard InChI is InChI=1S/C20H31N3O3S/c1-23(18-8-3-2-4-9-18)14-6-13-21-20(24)16-7-5-10-19(15-16)27(25,26)22-17-11-12-17/h5,7,10,15,17-18,22H,2-4,6,8-9,11-14H2,1H3,(H,21,24). The molecule has 2 fully saturated rings. The highest BCUT2D eigenvalue weighted by atomic mass is 32.2. The molecule has 0 spiro atoms. The third-order valence-corrected chi connectivity index (χ3v) is 7.00. The van der Waals surface area contributed by atoms with Gasteiger partial charge in [0.25, 0.3) is 5.91 Å². The second-order valence-electron chi connectivity index (χ2n) is 7.81. The van der Waals surface area contributed by atoms with Gasteiger partial charge in [-0.2, -0.15) is 0 Å². The van der Waals surface area contributed by atoms with Crippen LogP contribution < -0.4 is 10.0 Å². The fraction of sp³-hybridized carbons (Fsp3) is 0.650. The molecule has 1 aromatic rings. The van der Waals surface area contributed by atoms with E-state index in [1.54, 1.807) is 12.1 Å². The van der Waals surface area contributed by atoms with Gasteiger partial charge >= 0.3 is 0 Å². The third kappa shape index (κ3) is 6.02. The van der Waals surface area contributed by atoms with Crippen LogP contribution in [0.1, 0.15) is 61.7 Å². The SMILES string of the molecule is CN(CCCNC(=O)c1cccc(S(=O)(=O)NC2CC2)c1)C1CCCCC1. The van der Waals surface area contributed by atoms with E-state index >= 15 is 0 Å². The molecule has 27 heavy (non-hydrogen) atoms. The molecule has 2 N–H and O–H groups in total. The van der Waals surface area contributed by atoms with Crippen molar-refractivity contribution in [1.29, 1.82) is 0 Å². The van der Waals surface area contributed by atoms with Crippen molar-refractivity contribution in [3.63, 3.8) is 0 Å². The number of amides is 1. The van der Waals surface area contributed by atoms with Gasteiger partial charge in [0.1, 0.15) is 0 Å². The van der Waals surface area contributed by atoms with E-state index < -0.39 is 10.0 Å². The van der Waals surface area contributed by atoms with Gasteiger partial charge in [-0.05, 0) is 63.9 Å². The van der Waals surface area contributed by atoms with Crippen LogP contribution in [0.15, 0.2) is 29.2 Å². The van der Waals surface area contributed by atoms with Crippen molar-refractivity contribution < 1.29 is 13.2 Å². The van der Waals surface area contributed by atoms with Crippen LogP contribution in [-0.2, 0) is 10.0 Å². The smallest absolute Gasteiger partial charge is 0.251 e. The zero-order valence-corrected chi connectivity index (χ0v) is 16.9. The van der Waals surface area contributed by atoms with E-state index in [4.69, 9.17) is 0 Å². The van der Waals surface area contributed by atoms with Crippen molar-refractivity contribution in [1.82, 2.24) is 14.9 Å². The van der Waals surface area contributed by atoms with Crippen LogP contribution in [0, 0.1) is 0 Å². The molecule has 0 atom stereocenters. The first kappa shape index (κ1) is 20.3. The predicted octanol–water partition coefficient (Wildman–Crippen LogP) is 2.51. The molecule has 2 aliphatic rings. The number of carbonyl (C=O) groups is 1. The summed E-state index contributed by atoms with van der Waals surface area (Å²) in [6.07, 6.45) is 9.20. The van der Waals surface area contributed by atoms with Gasteiger partial charge in [0, 0.05) is 24.2 Å². The normalized spacial score (nSPS) is 18.6. The average Bonchev–Trinajstić information content (AvgIpc) is 3.49. The molecule has 0 saturated heterocycles. The number of rotatable bonds is 9. The summed E-state index contributed by atoms with van der Waals surface area (Å²) >= 11 is 0. The molecule has 0 unspecified atom stereocenters. The van der Waals surface area contributed by atoms with E-state index in [1.807, 2.05) is 0 Å². The van der Waals surface area contributed by atoms with Gasteiger partial charge in [-0.1, -0.05) is 25.3 Å². The fourth-order valence-electron chi connectivity index (χ4n) is 3.63. The summed E-state index contributed by atoms with van der Waals surface area (Å²) in [5.41, 5.74) is 0.384. The maximum absolute atomic E-state index is 12.4. The predicted molar refractivity (Wildman–Crippen MR) is 106 cm³/mol. The monoisotopic (exact) mass is 393 g/mol. The summed E-state index contributed by atoms with van der Waals surface area (Å²) in [7, 11) is -1.37. The molecule has 2 saturated carbocycles. The molecule has 3 rings (SSSR count). The third-order valence-electron chi connectivity index (χ3n) is 5.48. The summed E-state index contributed by atoms with van der Waals surface area (Å²) in [5, 5.41) is 2.91. The topological polar surface area (TPSA) is 78.5 Å². The number of benzene rings is 1. The highest BCUT2D eigenvalue weighted by Crippen LogP contribution is 2.23. The van der Waals surface area contributed by atoms with Gasteiger partial charge in [-0.3, -0.25) is 4.79 Å². The number of sulfonamides is 1. The molecular formula is C20H31N3O3S. The Hall–Kier alpha value is -1.44. The number of nitrogens with one attached hydrogen (secondary N) is 2. The first-order valence-corrected chi connectivity index (χ1v) is 11.5. The molecule has 6 nitrogen and oxygen atoms in total. The van der Waals surface area contributed by atoms with E-state index in [9.17, 15) is 13.2 Å². The fourth-order valence-corrected chi connectivity index (χ4v) is 4.98. The Labute approximate surface area is 162 Å². The minimum absolute atomic E-state index is 0.0497. The van der Waals surface area contributed by atoms with Crippen molar-refractivity contribution in [2.24, 2.45) is 0 Å². The van der Waals surface area contributed by atoms with E-state index in [0.717, 1.165) is 25.8 Å². The zero-order chi connectivity index (χ0) is 19.3. The quantitative estimate of drug-likeness (QED) is 0.632. The van der Waals surface area contributed by atoms with E-state index in [-0.39, 0.29) is 16.8 Å². The first-order valence-electron chi connectivity index (χ1n) is 10.1. The molecule has 0 aromatic heterocycles. The van der Waals surface area contributed by atoms with Crippen molar-refractivity contribution in [3.05, 3.63) is 29.8 Å². The number of hydrogen-bond donors (Lipinski definition) is 2. The second-order valence-corrected chi connectivity index (χ2v) is 9.52. The van der Waals surface area contributed by atoms with Crippen LogP contribution in [0.5, 0.6) is 0 Å². The van der Waals surface area contributed by atoms with Gasteiger partial charge in [0.15, 0.2) is 0 Å². The van der Waals surface area contributed by atoms with Crippen LogP contribution in [0.25, 0.3) is 0 Å². The summed E-state index contributed by atoms with van der Waals surface area (Å²) in [6, 6.07) is 6.98. The molecule has 0 heterocycles. The van der Waals surface area contributed by atoms with Gasteiger partial charge in [0.2, 0.25) is 10.0 Å². The van der Waals surface area contributed by atoms with Crippen molar-refractivity contribution in [2.75, 3.05) is 20.1 Å². The molecule has 1 amide bonds. The lowest BCUT2D eigenvalue weighted by Gasteiger charge is -2.31. The molecule has 7 heteroatoms. The van der Waals surface area contributed by atoms with Gasteiger partial charge in [0.05, 0.1) is 4.90 Å². The van der Waals surface area contributed by atoms with E-state index in [2.05, 4.69) is 22.0 Å². The van der Waals surface area contributed by atoms with E-state index in [0.29, 0.717) is 18.2 Å².